The van der Waals surface area contributed by atoms with Crippen molar-refractivity contribution >= 4 is 37.5 Å². The Balaban J connectivity index is 1.77. The SMILES string of the molecule is CC(C)C(=O)C(=O)c1ccc(C2OP(=O)(O)C(O)(Cc3cccnc3)P(=O)(O)O2)c2ccccc12. The van der Waals surface area contributed by atoms with Gasteiger partial charge in [-0.25, -0.2) is 0 Å². The zero-order valence-electron chi connectivity index (χ0n) is 18.8. The quantitative estimate of drug-likeness (QED) is 0.247. The fraction of sp³-hybridized carbons (Fsp3) is 0.261. The summed E-state index contributed by atoms with van der Waals surface area (Å²) < 4.78 is 36.7. The molecule has 0 amide bonds. The van der Waals surface area contributed by atoms with E-state index >= 15 is 0 Å². The van der Waals surface area contributed by atoms with Gasteiger partial charge in [-0.3, -0.25) is 32.8 Å². The first-order valence-electron chi connectivity index (χ1n) is 10.6. The lowest BCUT2D eigenvalue weighted by Gasteiger charge is -2.41. The van der Waals surface area contributed by atoms with E-state index < -0.39 is 50.5 Å². The second-order valence-electron chi connectivity index (χ2n) is 8.49. The summed E-state index contributed by atoms with van der Waals surface area (Å²) in [5.41, 5.74) is 0.389. The third-order valence-electron chi connectivity index (χ3n) is 5.75. The largest absolute Gasteiger partial charge is 0.374 e. The molecular formula is C23H23NO9P2. The van der Waals surface area contributed by atoms with Crippen LogP contribution >= 0.6 is 15.2 Å². The molecule has 2 aromatic carbocycles. The van der Waals surface area contributed by atoms with Crippen LogP contribution in [0.25, 0.3) is 10.8 Å². The Kier molecular flexibility index (Phi) is 6.68. The van der Waals surface area contributed by atoms with Crippen molar-refractivity contribution in [2.45, 2.75) is 31.6 Å². The molecule has 0 spiro atoms. The number of carbonyl (C=O) groups is 2. The number of fused-ring (bicyclic) bond motifs is 1. The van der Waals surface area contributed by atoms with E-state index in [1.54, 1.807) is 38.1 Å². The van der Waals surface area contributed by atoms with Gasteiger partial charge >= 0.3 is 15.2 Å². The highest BCUT2D eigenvalue weighted by atomic mass is 31.2. The first-order valence-corrected chi connectivity index (χ1v) is 13.8. The predicted octanol–water partition coefficient (Wildman–Crippen LogP) is 3.95. The van der Waals surface area contributed by atoms with Gasteiger partial charge in [0.15, 0.2) is 0 Å². The van der Waals surface area contributed by atoms with E-state index in [1.165, 1.54) is 36.7 Å². The van der Waals surface area contributed by atoms with Crippen LogP contribution in [0.5, 0.6) is 0 Å². The molecule has 35 heavy (non-hydrogen) atoms. The Morgan fingerprint density at radius 2 is 1.63 bits per heavy atom. The number of nitrogens with zero attached hydrogens (tertiary/aromatic N) is 1. The van der Waals surface area contributed by atoms with Crippen molar-refractivity contribution in [1.29, 1.82) is 0 Å². The molecule has 0 saturated carbocycles. The monoisotopic (exact) mass is 519 g/mol. The van der Waals surface area contributed by atoms with E-state index in [0.29, 0.717) is 10.8 Å². The van der Waals surface area contributed by atoms with Crippen LogP contribution in [0.3, 0.4) is 0 Å². The van der Waals surface area contributed by atoms with Gasteiger partial charge in [-0.05, 0) is 28.5 Å². The first kappa shape index (κ1) is 25.5. The van der Waals surface area contributed by atoms with Crippen molar-refractivity contribution in [2.75, 3.05) is 0 Å². The Morgan fingerprint density at radius 1 is 1.00 bits per heavy atom. The number of benzene rings is 2. The van der Waals surface area contributed by atoms with Crippen LogP contribution in [0.15, 0.2) is 60.9 Å². The minimum Gasteiger partial charge on any atom is -0.367 e. The highest BCUT2D eigenvalue weighted by Crippen LogP contribution is 2.79. The van der Waals surface area contributed by atoms with E-state index in [0.717, 1.165) is 0 Å². The topological polar surface area (TPSA) is 160 Å². The third kappa shape index (κ3) is 4.43. The summed E-state index contributed by atoms with van der Waals surface area (Å²) in [4.78, 5) is 50.1. The number of ketones is 2. The standard InChI is InChI=1S/C23H23NO9P2/c1-14(2)20(25)21(26)18-9-10-19(17-8-4-3-7-16(17)18)22-32-34(28,29)23(27,35(30,31)33-22)12-15-6-5-11-24-13-15/h3-11,13-14,22,27H,12H2,1-2H3,(H,28,29)(H,30,31). The van der Waals surface area contributed by atoms with Crippen molar-refractivity contribution in [2.24, 2.45) is 5.92 Å². The number of hydrogen-bond donors (Lipinski definition) is 3. The fourth-order valence-corrected chi connectivity index (χ4v) is 7.38. The average molecular weight is 519 g/mol. The molecule has 3 aromatic rings. The van der Waals surface area contributed by atoms with Gasteiger partial charge < -0.3 is 14.9 Å². The van der Waals surface area contributed by atoms with Crippen molar-refractivity contribution in [3.05, 3.63) is 77.6 Å². The van der Waals surface area contributed by atoms with Gasteiger partial charge in [-0.2, -0.15) is 0 Å². The normalized spacial score (nSPS) is 28.8. The summed E-state index contributed by atoms with van der Waals surface area (Å²) in [6.07, 6.45) is 0.167. The lowest BCUT2D eigenvalue weighted by Crippen LogP contribution is -2.38. The van der Waals surface area contributed by atoms with E-state index in [2.05, 4.69) is 4.98 Å². The lowest BCUT2D eigenvalue weighted by atomic mass is 9.93. The van der Waals surface area contributed by atoms with Crippen LogP contribution in [0.2, 0.25) is 0 Å². The Morgan fingerprint density at radius 3 is 2.20 bits per heavy atom. The summed E-state index contributed by atoms with van der Waals surface area (Å²) in [5, 5.41) is 8.40. The second-order valence-corrected chi connectivity index (χ2v) is 12.8. The van der Waals surface area contributed by atoms with Crippen LogP contribution in [0.4, 0.5) is 0 Å². The van der Waals surface area contributed by atoms with E-state index in [9.17, 15) is 33.6 Å². The van der Waals surface area contributed by atoms with E-state index in [4.69, 9.17) is 9.05 Å². The molecule has 1 aliphatic rings. The van der Waals surface area contributed by atoms with Crippen molar-refractivity contribution in [1.82, 2.24) is 4.98 Å². The maximum atomic E-state index is 13.1. The smallest absolute Gasteiger partial charge is 0.367 e. The molecule has 3 N–H and O–H groups in total. The molecule has 1 aliphatic heterocycles. The molecule has 184 valence electrons. The Labute approximate surface area is 200 Å². The number of carbonyl (C=O) groups excluding carboxylic acids is 2. The molecule has 1 aromatic heterocycles. The fourth-order valence-electron chi connectivity index (χ4n) is 3.82. The maximum Gasteiger partial charge on any atom is 0.374 e. The van der Waals surface area contributed by atoms with Crippen molar-refractivity contribution in [3.63, 3.8) is 0 Å². The molecule has 0 aliphatic carbocycles. The van der Waals surface area contributed by atoms with Gasteiger partial charge in [0.05, 0.1) is 0 Å². The van der Waals surface area contributed by atoms with Gasteiger partial charge in [-0.1, -0.05) is 50.2 Å². The minimum absolute atomic E-state index is 0.0705. The number of pyridine rings is 1. The summed E-state index contributed by atoms with van der Waals surface area (Å²) in [5.74, 6) is -1.82. The summed E-state index contributed by atoms with van der Waals surface area (Å²) in [7, 11) is -10.4. The van der Waals surface area contributed by atoms with E-state index in [1.807, 2.05) is 0 Å². The van der Waals surface area contributed by atoms with Gasteiger partial charge in [-0.15, -0.1) is 0 Å². The first-order chi connectivity index (χ1) is 16.4. The zero-order chi connectivity index (χ0) is 25.6. The number of aromatic nitrogens is 1. The molecule has 1 saturated heterocycles. The molecule has 2 unspecified atom stereocenters. The van der Waals surface area contributed by atoms with Crippen molar-refractivity contribution in [3.8, 4) is 0 Å². The zero-order valence-corrected chi connectivity index (χ0v) is 20.6. The van der Waals surface area contributed by atoms with Crippen LogP contribution in [0.1, 0.15) is 41.6 Å². The highest BCUT2D eigenvalue weighted by molar-refractivity contribution is 7.73. The molecule has 12 heteroatoms. The minimum atomic E-state index is -5.19. The average Bonchev–Trinajstić information content (AvgIpc) is 2.81. The van der Waals surface area contributed by atoms with Gasteiger partial charge in [0.2, 0.25) is 17.9 Å². The molecule has 10 nitrogen and oxygen atoms in total. The van der Waals surface area contributed by atoms with Crippen LogP contribution < -0.4 is 0 Å². The lowest BCUT2D eigenvalue weighted by molar-refractivity contribution is -0.117. The molecule has 0 radical (unpaired) electrons. The van der Waals surface area contributed by atoms with Crippen molar-refractivity contribution < 1.29 is 42.7 Å². The summed E-state index contributed by atoms with van der Waals surface area (Å²) >= 11 is 0. The molecule has 2 heterocycles. The second kappa shape index (κ2) is 9.15. The molecule has 0 bridgehead atoms. The molecule has 1 fully saturated rings. The van der Waals surface area contributed by atoms with Crippen LogP contribution in [-0.4, -0.2) is 36.5 Å². The number of rotatable bonds is 6. The Hall–Kier alpha value is -2.55. The van der Waals surface area contributed by atoms with E-state index in [-0.39, 0.29) is 16.7 Å². The third-order valence-corrected chi connectivity index (χ3v) is 10.3. The number of Topliss-reactive ketones (excluding diaryl/α,β-unsaturated/α-hetero) is 2. The highest BCUT2D eigenvalue weighted by Gasteiger charge is 2.67. The molecular weight excluding hydrogens is 496 g/mol. The van der Waals surface area contributed by atoms with Gasteiger partial charge in [0.1, 0.15) is 0 Å². The van der Waals surface area contributed by atoms with Gasteiger partial charge in [0, 0.05) is 35.9 Å². The Bertz CT molecular complexity index is 1380. The molecule has 2 atom stereocenters. The van der Waals surface area contributed by atoms with Gasteiger partial charge in [0.25, 0.3) is 5.08 Å². The predicted molar refractivity (Wildman–Crippen MR) is 126 cm³/mol. The summed E-state index contributed by atoms with van der Waals surface area (Å²) in [6.45, 7) is 3.20. The van der Waals surface area contributed by atoms with Crippen LogP contribution in [0, 0.1) is 5.92 Å². The molecule has 4 rings (SSSR count). The number of aliphatic hydroxyl groups is 1. The maximum absolute atomic E-state index is 13.1. The summed E-state index contributed by atoms with van der Waals surface area (Å²) in [6, 6.07) is 12.0. The van der Waals surface area contributed by atoms with Crippen LogP contribution in [-0.2, 0) is 29.4 Å². The number of hydrogen-bond acceptors (Lipinski definition) is 8.